The average molecular weight is 341 g/mol. The van der Waals surface area contributed by atoms with Gasteiger partial charge in [0.05, 0.1) is 7.11 Å². The molecule has 3 nitrogen and oxygen atoms in total. The van der Waals surface area contributed by atoms with Crippen molar-refractivity contribution in [2.45, 2.75) is 32.9 Å². The third-order valence-electron chi connectivity index (χ3n) is 4.26. The molecular weight excluding hydrogens is 316 g/mol. The van der Waals surface area contributed by atoms with Crippen LogP contribution in [0.3, 0.4) is 0 Å². The Morgan fingerprint density at radius 3 is 2.55 bits per heavy atom. The minimum atomic E-state index is 0.706. The van der Waals surface area contributed by atoms with Gasteiger partial charge in [-0.25, -0.2) is 0 Å². The summed E-state index contributed by atoms with van der Waals surface area (Å²) in [6.45, 7) is 10.2. The number of benzene rings is 1. The molecule has 0 N–H and O–H groups in total. The molecule has 2 rings (SSSR count). The van der Waals surface area contributed by atoms with Gasteiger partial charge < -0.3 is 4.74 Å². The fraction of sp³-hybridized carbons (Fsp3) is 0.625. The summed E-state index contributed by atoms with van der Waals surface area (Å²) in [6, 6.07) is 6.94. The Morgan fingerprint density at radius 2 is 1.95 bits per heavy atom. The van der Waals surface area contributed by atoms with E-state index in [1.165, 1.54) is 25.1 Å². The minimum Gasteiger partial charge on any atom is -0.496 e. The molecule has 1 saturated heterocycles. The van der Waals surface area contributed by atoms with E-state index < -0.39 is 0 Å². The summed E-state index contributed by atoms with van der Waals surface area (Å²) < 4.78 is 6.58. The van der Waals surface area contributed by atoms with Crippen LogP contribution in [0.15, 0.2) is 22.7 Å². The second kappa shape index (κ2) is 7.43. The number of ether oxygens (including phenoxy) is 1. The molecule has 0 amide bonds. The molecule has 0 saturated carbocycles. The molecule has 1 fully saturated rings. The van der Waals surface area contributed by atoms with E-state index in [1.807, 2.05) is 12.1 Å². The Labute approximate surface area is 131 Å². The van der Waals surface area contributed by atoms with Crippen LogP contribution in [0.2, 0.25) is 0 Å². The van der Waals surface area contributed by atoms with Gasteiger partial charge in [0.2, 0.25) is 0 Å². The molecule has 0 aromatic heterocycles. The first-order valence-corrected chi connectivity index (χ1v) is 8.22. The highest BCUT2D eigenvalue weighted by molar-refractivity contribution is 9.10. The second-order valence-corrected chi connectivity index (χ2v) is 6.44. The van der Waals surface area contributed by atoms with E-state index in [4.69, 9.17) is 4.74 Å². The van der Waals surface area contributed by atoms with Gasteiger partial charge in [-0.15, -0.1) is 0 Å². The van der Waals surface area contributed by atoms with Gasteiger partial charge in [-0.05, 0) is 31.5 Å². The van der Waals surface area contributed by atoms with Crippen molar-refractivity contribution in [1.82, 2.24) is 9.80 Å². The van der Waals surface area contributed by atoms with Crippen molar-refractivity contribution in [3.05, 3.63) is 28.2 Å². The van der Waals surface area contributed by atoms with Gasteiger partial charge in [0.25, 0.3) is 0 Å². The number of hydrogen-bond acceptors (Lipinski definition) is 3. The van der Waals surface area contributed by atoms with Crippen LogP contribution in [0, 0.1) is 0 Å². The molecule has 1 aromatic rings. The van der Waals surface area contributed by atoms with E-state index in [1.54, 1.807) is 7.11 Å². The highest BCUT2D eigenvalue weighted by Gasteiger charge is 2.20. The monoisotopic (exact) mass is 340 g/mol. The molecule has 20 heavy (non-hydrogen) atoms. The Kier molecular flexibility index (Phi) is 5.87. The SMILES string of the molecule is CCC(C)N1CCN(Cc2cc(Br)ccc2OC)CC1. The summed E-state index contributed by atoms with van der Waals surface area (Å²) in [5.41, 5.74) is 1.26. The maximum Gasteiger partial charge on any atom is 0.123 e. The van der Waals surface area contributed by atoms with Gasteiger partial charge in [0.15, 0.2) is 0 Å². The Balaban J connectivity index is 1.94. The van der Waals surface area contributed by atoms with Gasteiger partial charge in [-0.1, -0.05) is 22.9 Å². The first-order chi connectivity index (χ1) is 9.63. The third kappa shape index (κ3) is 3.96. The van der Waals surface area contributed by atoms with E-state index in [0.29, 0.717) is 6.04 Å². The summed E-state index contributed by atoms with van der Waals surface area (Å²) in [5, 5.41) is 0. The van der Waals surface area contributed by atoms with E-state index >= 15 is 0 Å². The zero-order valence-corrected chi connectivity index (χ0v) is 14.3. The average Bonchev–Trinajstić information content (AvgIpc) is 2.47. The highest BCUT2D eigenvalue weighted by Crippen LogP contribution is 2.24. The second-order valence-electron chi connectivity index (χ2n) is 5.53. The molecule has 0 aliphatic carbocycles. The molecule has 0 spiro atoms. The van der Waals surface area contributed by atoms with Crippen molar-refractivity contribution >= 4 is 15.9 Å². The first-order valence-electron chi connectivity index (χ1n) is 7.42. The van der Waals surface area contributed by atoms with Gasteiger partial charge >= 0.3 is 0 Å². The molecule has 0 radical (unpaired) electrons. The molecule has 1 unspecified atom stereocenters. The lowest BCUT2D eigenvalue weighted by Gasteiger charge is -2.38. The lowest BCUT2D eigenvalue weighted by Crippen LogP contribution is -2.49. The number of hydrogen-bond donors (Lipinski definition) is 0. The Bertz CT molecular complexity index is 430. The van der Waals surface area contributed by atoms with Crippen LogP contribution >= 0.6 is 15.9 Å². The molecule has 112 valence electrons. The topological polar surface area (TPSA) is 15.7 Å². The predicted molar refractivity (Wildman–Crippen MR) is 87.3 cm³/mol. The lowest BCUT2D eigenvalue weighted by molar-refractivity contribution is 0.0958. The maximum absolute atomic E-state index is 5.46. The quantitative estimate of drug-likeness (QED) is 0.817. The number of piperazine rings is 1. The van der Waals surface area contributed by atoms with Crippen LogP contribution < -0.4 is 4.74 Å². The van der Waals surface area contributed by atoms with Crippen molar-refractivity contribution in [3.63, 3.8) is 0 Å². The van der Waals surface area contributed by atoms with Crippen LogP contribution in [0.4, 0.5) is 0 Å². The fourth-order valence-electron chi connectivity index (χ4n) is 2.73. The van der Waals surface area contributed by atoms with Crippen molar-refractivity contribution < 1.29 is 4.74 Å². The van der Waals surface area contributed by atoms with Crippen LogP contribution in [-0.2, 0) is 6.54 Å². The van der Waals surface area contributed by atoms with Gasteiger partial charge in [-0.3, -0.25) is 9.80 Å². The smallest absolute Gasteiger partial charge is 0.123 e. The van der Waals surface area contributed by atoms with Crippen LogP contribution in [0.25, 0.3) is 0 Å². The molecule has 1 atom stereocenters. The van der Waals surface area contributed by atoms with Gasteiger partial charge in [0, 0.05) is 48.8 Å². The van der Waals surface area contributed by atoms with Crippen molar-refractivity contribution in [2.24, 2.45) is 0 Å². The number of methoxy groups -OCH3 is 1. The zero-order valence-electron chi connectivity index (χ0n) is 12.7. The van der Waals surface area contributed by atoms with Crippen molar-refractivity contribution in [3.8, 4) is 5.75 Å². The van der Waals surface area contributed by atoms with Crippen LogP contribution in [0.1, 0.15) is 25.8 Å². The number of nitrogens with zero attached hydrogens (tertiary/aromatic N) is 2. The molecule has 1 aliphatic rings. The summed E-state index contributed by atoms with van der Waals surface area (Å²) in [6.07, 6.45) is 1.24. The van der Waals surface area contributed by atoms with Gasteiger partial charge in [0.1, 0.15) is 5.75 Å². The zero-order chi connectivity index (χ0) is 14.5. The summed E-state index contributed by atoms with van der Waals surface area (Å²) in [5.74, 6) is 0.984. The Morgan fingerprint density at radius 1 is 1.25 bits per heavy atom. The van der Waals surface area contributed by atoms with E-state index in [0.717, 1.165) is 29.9 Å². The molecule has 1 aromatic carbocycles. The normalized spacial score (nSPS) is 19.0. The van der Waals surface area contributed by atoms with Crippen LogP contribution in [-0.4, -0.2) is 49.1 Å². The molecule has 4 heteroatoms. The standard InChI is InChI=1S/C16H25BrN2O/c1-4-13(2)19-9-7-18(8-10-19)12-14-11-15(17)5-6-16(14)20-3/h5-6,11,13H,4,7-10,12H2,1-3H3. The first kappa shape index (κ1) is 15.8. The third-order valence-corrected chi connectivity index (χ3v) is 4.75. The molecular formula is C16H25BrN2O. The minimum absolute atomic E-state index is 0.706. The highest BCUT2D eigenvalue weighted by atomic mass is 79.9. The maximum atomic E-state index is 5.46. The van der Waals surface area contributed by atoms with Crippen LogP contribution in [0.5, 0.6) is 5.75 Å². The van der Waals surface area contributed by atoms with Crippen molar-refractivity contribution in [2.75, 3.05) is 33.3 Å². The van der Waals surface area contributed by atoms with E-state index in [-0.39, 0.29) is 0 Å². The predicted octanol–water partition coefficient (Wildman–Crippen LogP) is 3.37. The fourth-order valence-corrected chi connectivity index (χ4v) is 3.14. The number of halogens is 1. The lowest BCUT2D eigenvalue weighted by atomic mass is 10.1. The molecule has 0 bridgehead atoms. The number of rotatable bonds is 5. The summed E-state index contributed by atoms with van der Waals surface area (Å²) in [4.78, 5) is 5.11. The molecule has 1 heterocycles. The van der Waals surface area contributed by atoms with Crippen molar-refractivity contribution in [1.29, 1.82) is 0 Å². The largest absolute Gasteiger partial charge is 0.496 e. The summed E-state index contributed by atoms with van der Waals surface area (Å²) >= 11 is 3.55. The Hall–Kier alpha value is -0.580. The summed E-state index contributed by atoms with van der Waals surface area (Å²) in [7, 11) is 1.74. The van der Waals surface area contributed by atoms with Gasteiger partial charge in [-0.2, -0.15) is 0 Å². The van der Waals surface area contributed by atoms with E-state index in [9.17, 15) is 0 Å². The molecule has 1 aliphatic heterocycles. The van der Waals surface area contributed by atoms with E-state index in [2.05, 4.69) is 45.6 Å².